The van der Waals surface area contributed by atoms with E-state index in [1.54, 1.807) is 33.0 Å². The molecule has 1 aromatic heterocycles. The summed E-state index contributed by atoms with van der Waals surface area (Å²) in [5.41, 5.74) is -1.57. The van der Waals surface area contributed by atoms with Crippen LogP contribution in [0.3, 0.4) is 0 Å². The van der Waals surface area contributed by atoms with Crippen LogP contribution in [0.2, 0.25) is 0 Å². The molecule has 0 unspecified atom stereocenters. The summed E-state index contributed by atoms with van der Waals surface area (Å²) in [4.78, 5) is 28.5. The van der Waals surface area contributed by atoms with Crippen LogP contribution in [0.4, 0.5) is 4.79 Å². The summed E-state index contributed by atoms with van der Waals surface area (Å²) in [5.74, 6) is -0.541. The van der Waals surface area contributed by atoms with Crippen molar-refractivity contribution >= 4 is 28.0 Å². The Labute approximate surface area is 142 Å². The minimum absolute atomic E-state index is 0.153. The predicted octanol–water partition coefficient (Wildman–Crippen LogP) is 2.69. The number of carbonyl (C=O) groups excluding carboxylic acids is 1. The zero-order valence-electron chi connectivity index (χ0n) is 13.2. The van der Waals surface area contributed by atoms with Crippen molar-refractivity contribution < 1.29 is 24.2 Å². The summed E-state index contributed by atoms with van der Waals surface area (Å²) in [6.07, 6.45) is 2.42. The Morgan fingerprint density at radius 2 is 2.04 bits per heavy atom. The summed E-state index contributed by atoms with van der Waals surface area (Å²) in [6.45, 7) is 5.64. The van der Waals surface area contributed by atoms with Gasteiger partial charge in [0.1, 0.15) is 11.4 Å². The number of rotatable bonds is 4. The topological polar surface area (TPSA) is 89.0 Å². The maximum Gasteiger partial charge on any atom is 0.410 e. The molecule has 0 atom stereocenters. The second-order valence-corrected chi connectivity index (χ2v) is 7.45. The van der Waals surface area contributed by atoms with Crippen molar-refractivity contribution in [1.29, 1.82) is 0 Å². The van der Waals surface area contributed by atoms with Crippen molar-refractivity contribution in [2.24, 2.45) is 0 Å². The van der Waals surface area contributed by atoms with E-state index in [0.717, 1.165) is 4.47 Å². The molecular formula is C15H19BrN2O5. The Morgan fingerprint density at radius 3 is 2.57 bits per heavy atom. The molecule has 2 heterocycles. The molecule has 0 aromatic carbocycles. The SMILES string of the molecule is CC(C)(C)OC(=O)N1CC(CC(=O)O)(Oc2cncc(Br)c2)C1. The van der Waals surface area contributed by atoms with E-state index in [0.29, 0.717) is 5.75 Å². The molecule has 2 rings (SSSR count). The van der Waals surface area contributed by atoms with E-state index >= 15 is 0 Å². The number of pyridine rings is 1. The first kappa shape index (κ1) is 17.5. The van der Waals surface area contributed by atoms with E-state index in [1.807, 2.05) is 0 Å². The Hall–Kier alpha value is -1.83. The zero-order valence-corrected chi connectivity index (χ0v) is 14.8. The molecule has 126 valence electrons. The lowest BCUT2D eigenvalue weighted by molar-refractivity contribution is -0.149. The van der Waals surface area contributed by atoms with Gasteiger partial charge in [-0.3, -0.25) is 14.7 Å². The van der Waals surface area contributed by atoms with Gasteiger partial charge in [-0.25, -0.2) is 4.79 Å². The molecule has 23 heavy (non-hydrogen) atoms. The number of hydrogen-bond acceptors (Lipinski definition) is 5. The minimum atomic E-state index is -0.989. The molecule has 0 spiro atoms. The third-order valence-electron chi connectivity index (χ3n) is 3.10. The number of ether oxygens (including phenoxy) is 2. The highest BCUT2D eigenvalue weighted by atomic mass is 79.9. The molecule has 1 N–H and O–H groups in total. The number of carboxylic acid groups (broad SMARTS) is 1. The smallest absolute Gasteiger partial charge is 0.410 e. The van der Waals surface area contributed by atoms with E-state index in [9.17, 15) is 9.59 Å². The van der Waals surface area contributed by atoms with E-state index in [4.69, 9.17) is 14.6 Å². The number of halogens is 1. The highest BCUT2D eigenvalue weighted by Crippen LogP contribution is 2.32. The summed E-state index contributed by atoms with van der Waals surface area (Å²) in [7, 11) is 0. The molecule has 1 aliphatic heterocycles. The van der Waals surface area contributed by atoms with Gasteiger partial charge in [0.05, 0.1) is 25.7 Å². The summed E-state index contributed by atoms with van der Waals surface area (Å²) in [6, 6.07) is 1.70. The number of amides is 1. The van der Waals surface area contributed by atoms with Crippen molar-refractivity contribution in [2.45, 2.75) is 38.4 Å². The molecule has 8 heteroatoms. The van der Waals surface area contributed by atoms with Gasteiger partial charge >= 0.3 is 12.1 Å². The lowest BCUT2D eigenvalue weighted by Crippen LogP contribution is -2.67. The van der Waals surface area contributed by atoms with Crippen LogP contribution in [0.25, 0.3) is 0 Å². The minimum Gasteiger partial charge on any atom is -0.481 e. The number of aromatic nitrogens is 1. The Bertz CT molecular complexity index is 608. The molecule has 0 radical (unpaired) electrons. The van der Waals surface area contributed by atoms with E-state index in [-0.39, 0.29) is 19.5 Å². The van der Waals surface area contributed by atoms with Crippen LogP contribution in [-0.2, 0) is 9.53 Å². The molecule has 0 saturated carbocycles. The Morgan fingerprint density at radius 1 is 1.39 bits per heavy atom. The van der Waals surface area contributed by atoms with Crippen LogP contribution in [0.5, 0.6) is 5.75 Å². The fourth-order valence-electron chi connectivity index (χ4n) is 2.29. The van der Waals surface area contributed by atoms with Crippen molar-refractivity contribution in [3.05, 3.63) is 22.9 Å². The molecule has 1 aromatic rings. The van der Waals surface area contributed by atoms with Crippen molar-refractivity contribution in [3.8, 4) is 5.75 Å². The van der Waals surface area contributed by atoms with Gasteiger partial charge in [-0.2, -0.15) is 0 Å². The van der Waals surface area contributed by atoms with Crippen LogP contribution in [-0.4, -0.2) is 51.3 Å². The number of hydrogen-bond donors (Lipinski definition) is 1. The Kier molecular flexibility index (Phi) is 4.84. The highest BCUT2D eigenvalue weighted by Gasteiger charge is 2.50. The number of aliphatic carboxylic acids is 1. The number of carboxylic acids is 1. The predicted molar refractivity (Wildman–Crippen MR) is 85.4 cm³/mol. The van der Waals surface area contributed by atoms with Crippen LogP contribution in [0.1, 0.15) is 27.2 Å². The first-order valence-corrected chi connectivity index (χ1v) is 7.87. The van der Waals surface area contributed by atoms with Gasteiger partial charge in [-0.05, 0) is 42.8 Å². The van der Waals surface area contributed by atoms with Gasteiger partial charge in [0.25, 0.3) is 0 Å². The standard InChI is InChI=1S/C15H19BrN2O5/c1-14(2,3)23-13(21)18-8-15(9-18,5-12(19)20)22-11-4-10(16)6-17-7-11/h4,6-7H,5,8-9H2,1-3H3,(H,19,20). The molecule has 1 aliphatic rings. The molecule has 0 bridgehead atoms. The largest absolute Gasteiger partial charge is 0.481 e. The summed E-state index contributed by atoms with van der Waals surface area (Å²) in [5, 5.41) is 9.12. The van der Waals surface area contributed by atoms with Crippen LogP contribution in [0, 0.1) is 0 Å². The second-order valence-electron chi connectivity index (χ2n) is 6.53. The maximum atomic E-state index is 12.0. The van der Waals surface area contributed by atoms with Gasteiger partial charge in [-0.1, -0.05) is 0 Å². The Balaban J connectivity index is 2.06. The molecular weight excluding hydrogens is 368 g/mol. The lowest BCUT2D eigenvalue weighted by Gasteiger charge is -2.48. The van der Waals surface area contributed by atoms with Crippen LogP contribution >= 0.6 is 15.9 Å². The first-order chi connectivity index (χ1) is 10.6. The third kappa shape index (κ3) is 4.82. The fourth-order valence-corrected chi connectivity index (χ4v) is 2.64. The van der Waals surface area contributed by atoms with E-state index in [1.165, 1.54) is 11.1 Å². The van der Waals surface area contributed by atoms with Crippen LogP contribution in [0.15, 0.2) is 22.9 Å². The van der Waals surface area contributed by atoms with Gasteiger partial charge in [0.15, 0.2) is 5.60 Å². The average molecular weight is 387 g/mol. The fraction of sp³-hybridized carbons (Fsp3) is 0.533. The van der Waals surface area contributed by atoms with Crippen LogP contribution < -0.4 is 4.74 Å². The summed E-state index contributed by atoms with van der Waals surface area (Å²) < 4.78 is 11.8. The zero-order chi connectivity index (χ0) is 17.3. The second kappa shape index (κ2) is 6.35. The van der Waals surface area contributed by atoms with Gasteiger partial charge in [0.2, 0.25) is 0 Å². The van der Waals surface area contributed by atoms with Gasteiger partial charge in [-0.15, -0.1) is 0 Å². The quantitative estimate of drug-likeness (QED) is 0.855. The maximum absolute atomic E-state index is 12.0. The van der Waals surface area contributed by atoms with Crippen molar-refractivity contribution in [2.75, 3.05) is 13.1 Å². The molecule has 1 fully saturated rings. The normalized spacial score (nSPS) is 16.4. The highest BCUT2D eigenvalue weighted by molar-refractivity contribution is 9.10. The van der Waals surface area contributed by atoms with E-state index in [2.05, 4.69) is 20.9 Å². The molecule has 7 nitrogen and oxygen atoms in total. The molecule has 1 amide bonds. The lowest BCUT2D eigenvalue weighted by atomic mass is 9.90. The van der Waals surface area contributed by atoms with E-state index < -0.39 is 23.3 Å². The number of carbonyl (C=O) groups is 2. The number of likely N-dealkylation sites (tertiary alicyclic amines) is 1. The third-order valence-corrected chi connectivity index (χ3v) is 3.53. The first-order valence-electron chi connectivity index (χ1n) is 7.08. The summed E-state index contributed by atoms with van der Waals surface area (Å²) >= 11 is 3.29. The molecule has 1 saturated heterocycles. The number of nitrogens with zero attached hydrogens (tertiary/aromatic N) is 2. The van der Waals surface area contributed by atoms with Gasteiger partial charge in [0, 0.05) is 10.7 Å². The van der Waals surface area contributed by atoms with Crippen molar-refractivity contribution in [3.63, 3.8) is 0 Å². The molecule has 0 aliphatic carbocycles. The van der Waals surface area contributed by atoms with Crippen molar-refractivity contribution in [1.82, 2.24) is 9.88 Å². The monoisotopic (exact) mass is 386 g/mol. The average Bonchev–Trinajstić information content (AvgIpc) is 2.32. The van der Waals surface area contributed by atoms with Gasteiger partial charge < -0.3 is 14.6 Å².